The quantitative estimate of drug-likeness (QED) is 0.764. The highest BCUT2D eigenvalue weighted by atomic mass is 32.2. The van der Waals surface area contributed by atoms with Crippen molar-refractivity contribution in [2.24, 2.45) is 0 Å². The lowest BCUT2D eigenvalue weighted by Crippen LogP contribution is -2.50. The maximum atomic E-state index is 12.2. The molecule has 0 bridgehead atoms. The van der Waals surface area contributed by atoms with Crippen LogP contribution >= 0.6 is 11.8 Å². The van der Waals surface area contributed by atoms with Gasteiger partial charge in [0.1, 0.15) is 0 Å². The zero-order valence-electron chi connectivity index (χ0n) is 12.7. The molecule has 4 amide bonds. The Hall–Kier alpha value is -1.57. The van der Waals surface area contributed by atoms with Gasteiger partial charge in [0.05, 0.1) is 5.75 Å². The van der Waals surface area contributed by atoms with Crippen LogP contribution in [0.1, 0.15) is 32.6 Å². The molecule has 8 heteroatoms. The molecular weight excluding hydrogens is 306 g/mol. The third kappa shape index (κ3) is 3.79. The molecule has 0 aromatic rings. The van der Waals surface area contributed by atoms with E-state index in [9.17, 15) is 19.2 Å². The first-order valence-corrected chi connectivity index (χ1v) is 8.59. The third-order valence-electron chi connectivity index (χ3n) is 4.02. The SMILES string of the molecule is CCC1CCCCN1C(=O)C(=O)NCCN1C(=O)CSC1=O. The van der Waals surface area contributed by atoms with E-state index in [1.54, 1.807) is 4.90 Å². The van der Waals surface area contributed by atoms with Gasteiger partial charge in [-0.05, 0) is 25.7 Å². The van der Waals surface area contributed by atoms with Crippen molar-refractivity contribution in [3.8, 4) is 0 Å². The van der Waals surface area contributed by atoms with Crippen molar-refractivity contribution >= 4 is 34.7 Å². The molecule has 2 saturated heterocycles. The van der Waals surface area contributed by atoms with Crippen LogP contribution in [0.3, 0.4) is 0 Å². The van der Waals surface area contributed by atoms with Crippen LogP contribution in [0.4, 0.5) is 4.79 Å². The van der Waals surface area contributed by atoms with Crippen LogP contribution in [-0.2, 0) is 14.4 Å². The van der Waals surface area contributed by atoms with E-state index in [0.717, 1.165) is 42.3 Å². The predicted octanol–water partition coefficient (Wildman–Crippen LogP) is 0.589. The van der Waals surface area contributed by atoms with Crippen molar-refractivity contribution in [3.05, 3.63) is 0 Å². The number of nitrogens with one attached hydrogen (secondary N) is 1. The van der Waals surface area contributed by atoms with Crippen molar-refractivity contribution in [2.75, 3.05) is 25.4 Å². The van der Waals surface area contributed by atoms with Gasteiger partial charge in [0.25, 0.3) is 5.24 Å². The number of piperidine rings is 1. The fourth-order valence-electron chi connectivity index (χ4n) is 2.78. The highest BCUT2D eigenvalue weighted by molar-refractivity contribution is 8.14. The van der Waals surface area contributed by atoms with Crippen LogP contribution in [0.15, 0.2) is 0 Å². The van der Waals surface area contributed by atoms with Crippen molar-refractivity contribution < 1.29 is 19.2 Å². The lowest BCUT2D eigenvalue weighted by molar-refractivity contribution is -0.148. The van der Waals surface area contributed by atoms with Crippen molar-refractivity contribution in [1.29, 1.82) is 0 Å². The molecule has 0 saturated carbocycles. The summed E-state index contributed by atoms with van der Waals surface area (Å²) in [5.41, 5.74) is 0. The average Bonchev–Trinajstić information content (AvgIpc) is 2.85. The lowest BCUT2D eigenvalue weighted by Gasteiger charge is -2.34. The molecule has 7 nitrogen and oxygen atoms in total. The minimum absolute atomic E-state index is 0.104. The van der Waals surface area contributed by atoms with Gasteiger partial charge in [-0.1, -0.05) is 18.7 Å². The lowest BCUT2D eigenvalue weighted by atomic mass is 10.00. The molecule has 0 aliphatic carbocycles. The summed E-state index contributed by atoms with van der Waals surface area (Å²) in [5.74, 6) is -1.28. The monoisotopic (exact) mass is 327 g/mol. The van der Waals surface area contributed by atoms with Gasteiger partial charge in [-0.25, -0.2) is 0 Å². The van der Waals surface area contributed by atoms with Crippen LogP contribution in [-0.4, -0.2) is 64.2 Å². The van der Waals surface area contributed by atoms with Gasteiger partial charge in [0.15, 0.2) is 0 Å². The number of amides is 4. The molecule has 122 valence electrons. The second-order valence-electron chi connectivity index (χ2n) is 5.41. The maximum absolute atomic E-state index is 12.2. The van der Waals surface area contributed by atoms with Crippen LogP contribution in [0.25, 0.3) is 0 Å². The molecule has 2 heterocycles. The zero-order chi connectivity index (χ0) is 16.1. The molecule has 1 N–H and O–H groups in total. The second kappa shape index (κ2) is 7.62. The van der Waals surface area contributed by atoms with Crippen molar-refractivity contribution in [2.45, 2.75) is 38.6 Å². The van der Waals surface area contributed by atoms with E-state index in [1.165, 1.54) is 0 Å². The topological polar surface area (TPSA) is 86.8 Å². The predicted molar refractivity (Wildman–Crippen MR) is 82.2 cm³/mol. The van der Waals surface area contributed by atoms with Crippen molar-refractivity contribution in [1.82, 2.24) is 15.1 Å². The summed E-state index contributed by atoms with van der Waals surface area (Å²) >= 11 is 0.954. The Bertz CT molecular complexity index is 467. The van der Waals surface area contributed by atoms with E-state index >= 15 is 0 Å². The molecule has 0 aromatic heterocycles. The molecule has 1 unspecified atom stereocenters. The Kier molecular flexibility index (Phi) is 5.82. The molecule has 2 aliphatic rings. The number of thioether (sulfide) groups is 1. The maximum Gasteiger partial charge on any atom is 0.312 e. The Morgan fingerprint density at radius 1 is 1.32 bits per heavy atom. The molecule has 2 aliphatic heterocycles. The molecule has 0 radical (unpaired) electrons. The first kappa shape index (κ1) is 16.8. The van der Waals surface area contributed by atoms with E-state index in [1.807, 2.05) is 6.92 Å². The molecule has 2 fully saturated rings. The highest BCUT2D eigenvalue weighted by Crippen LogP contribution is 2.19. The third-order valence-corrected chi connectivity index (χ3v) is 4.87. The summed E-state index contributed by atoms with van der Waals surface area (Å²) in [6, 6.07) is 0.130. The Morgan fingerprint density at radius 3 is 2.73 bits per heavy atom. The van der Waals surface area contributed by atoms with E-state index in [0.29, 0.717) is 6.54 Å². The summed E-state index contributed by atoms with van der Waals surface area (Å²) in [6.07, 6.45) is 3.78. The molecular formula is C14H21N3O4S. The van der Waals surface area contributed by atoms with Gasteiger partial charge in [0, 0.05) is 25.7 Å². The first-order valence-electron chi connectivity index (χ1n) is 7.60. The minimum Gasteiger partial charge on any atom is -0.346 e. The molecule has 1 atom stereocenters. The standard InChI is InChI=1S/C14H21N3O4S/c1-2-10-5-3-4-7-16(10)13(20)12(19)15-6-8-17-11(18)9-22-14(17)21/h10H,2-9H2,1H3,(H,15,19). The second-order valence-corrected chi connectivity index (χ2v) is 6.34. The Labute approximate surface area is 133 Å². The Morgan fingerprint density at radius 2 is 2.09 bits per heavy atom. The van der Waals surface area contributed by atoms with Gasteiger partial charge in [-0.15, -0.1) is 0 Å². The Balaban J connectivity index is 1.80. The van der Waals surface area contributed by atoms with Crippen LogP contribution in [0.5, 0.6) is 0 Å². The fraction of sp³-hybridized carbons (Fsp3) is 0.714. The van der Waals surface area contributed by atoms with E-state index in [-0.39, 0.29) is 36.0 Å². The molecule has 0 aromatic carbocycles. The van der Waals surface area contributed by atoms with Gasteiger partial charge in [-0.2, -0.15) is 0 Å². The number of carbonyl (C=O) groups excluding carboxylic acids is 4. The molecule has 22 heavy (non-hydrogen) atoms. The number of nitrogens with zero attached hydrogens (tertiary/aromatic N) is 2. The van der Waals surface area contributed by atoms with Crippen LogP contribution in [0.2, 0.25) is 0 Å². The summed E-state index contributed by atoms with van der Waals surface area (Å²) in [7, 11) is 0. The summed E-state index contributed by atoms with van der Waals surface area (Å²) in [6.45, 7) is 2.84. The summed E-state index contributed by atoms with van der Waals surface area (Å²) in [5, 5.41) is 2.21. The van der Waals surface area contributed by atoms with Crippen LogP contribution in [0, 0.1) is 0 Å². The van der Waals surface area contributed by atoms with Gasteiger partial charge in [-0.3, -0.25) is 24.1 Å². The number of hydrogen-bond donors (Lipinski definition) is 1. The summed E-state index contributed by atoms with van der Waals surface area (Å²) < 4.78 is 0. The zero-order valence-corrected chi connectivity index (χ0v) is 13.5. The largest absolute Gasteiger partial charge is 0.346 e. The van der Waals surface area contributed by atoms with Gasteiger partial charge < -0.3 is 10.2 Å². The van der Waals surface area contributed by atoms with E-state index in [2.05, 4.69) is 5.32 Å². The molecule has 0 spiro atoms. The highest BCUT2D eigenvalue weighted by Gasteiger charge is 2.31. The number of likely N-dealkylation sites (tertiary alicyclic amines) is 1. The van der Waals surface area contributed by atoms with E-state index < -0.39 is 11.8 Å². The number of carbonyl (C=O) groups is 4. The summed E-state index contributed by atoms with van der Waals surface area (Å²) in [4.78, 5) is 49.7. The van der Waals surface area contributed by atoms with Gasteiger partial charge >= 0.3 is 11.8 Å². The first-order chi connectivity index (χ1) is 10.5. The van der Waals surface area contributed by atoms with Crippen molar-refractivity contribution in [3.63, 3.8) is 0 Å². The van der Waals surface area contributed by atoms with E-state index in [4.69, 9.17) is 0 Å². The smallest absolute Gasteiger partial charge is 0.312 e. The molecule has 2 rings (SSSR count). The number of rotatable bonds is 4. The van der Waals surface area contributed by atoms with Crippen LogP contribution < -0.4 is 5.32 Å². The average molecular weight is 327 g/mol. The normalized spacial score (nSPS) is 22.1. The van der Waals surface area contributed by atoms with Gasteiger partial charge in [0.2, 0.25) is 5.91 Å². The number of hydrogen-bond acceptors (Lipinski definition) is 5. The fourth-order valence-corrected chi connectivity index (χ4v) is 3.53. The number of imide groups is 1. The minimum atomic E-state index is -0.660.